The molecule has 0 unspecified atom stereocenters. The van der Waals surface area contributed by atoms with Gasteiger partial charge >= 0.3 is 0 Å². The van der Waals surface area contributed by atoms with Crippen LogP contribution in [-0.2, 0) is 6.54 Å². The highest BCUT2D eigenvalue weighted by molar-refractivity contribution is 7.19. The molecule has 0 fully saturated rings. The zero-order valence-electron chi connectivity index (χ0n) is 9.87. The third-order valence-electron chi connectivity index (χ3n) is 2.85. The van der Waals surface area contributed by atoms with Crippen molar-refractivity contribution in [2.75, 3.05) is 0 Å². The Labute approximate surface area is 113 Å². The van der Waals surface area contributed by atoms with Crippen molar-refractivity contribution in [3.05, 3.63) is 52.9 Å². The van der Waals surface area contributed by atoms with E-state index in [1.165, 1.54) is 10.1 Å². The van der Waals surface area contributed by atoms with Gasteiger partial charge in [0, 0.05) is 9.58 Å². The number of benzene rings is 1. The minimum absolute atomic E-state index is 0.184. The van der Waals surface area contributed by atoms with Crippen molar-refractivity contribution >= 4 is 21.4 Å². The highest BCUT2D eigenvalue weighted by Gasteiger charge is 2.11. The quantitative estimate of drug-likeness (QED) is 0.714. The van der Waals surface area contributed by atoms with Crippen LogP contribution in [0.4, 0.5) is 0 Å². The van der Waals surface area contributed by atoms with Gasteiger partial charge in [-0.1, -0.05) is 18.2 Å². The Kier molecular flexibility index (Phi) is 2.75. The number of nitrogens with zero attached hydrogens (tertiary/aromatic N) is 4. The minimum atomic E-state index is 0.184. The first-order valence-corrected chi connectivity index (χ1v) is 6.46. The fourth-order valence-corrected chi connectivity index (χ4v) is 3.05. The van der Waals surface area contributed by atoms with E-state index in [1.807, 2.05) is 24.3 Å². The molecule has 3 aromatic rings. The van der Waals surface area contributed by atoms with Crippen molar-refractivity contribution in [3.63, 3.8) is 0 Å². The Morgan fingerprint density at radius 3 is 2.79 bits per heavy atom. The van der Waals surface area contributed by atoms with Crippen LogP contribution in [0, 0.1) is 22.7 Å². The Morgan fingerprint density at radius 1 is 1.21 bits per heavy atom. The molecule has 0 aliphatic heterocycles. The van der Waals surface area contributed by atoms with Gasteiger partial charge in [-0.2, -0.15) is 10.5 Å². The smallest absolute Gasteiger partial charge is 0.176 e. The normalized spacial score (nSPS) is 10.2. The molecule has 0 saturated heterocycles. The summed E-state index contributed by atoms with van der Waals surface area (Å²) in [5.74, 6) is 0. The lowest BCUT2D eigenvalue weighted by atomic mass is 10.2. The standard InChI is InChI=1S/C14H8N4S/c15-6-12-13(7-16)18(9-17-12)8-11-5-10-3-1-2-4-14(10)19-11/h1-5,9H,8H2. The van der Waals surface area contributed by atoms with E-state index < -0.39 is 0 Å². The topological polar surface area (TPSA) is 65.4 Å². The summed E-state index contributed by atoms with van der Waals surface area (Å²) in [5, 5.41) is 19.1. The predicted octanol–water partition coefficient (Wildman–Crippen LogP) is 2.89. The van der Waals surface area contributed by atoms with Gasteiger partial charge in [-0.15, -0.1) is 11.3 Å². The number of rotatable bonds is 2. The maximum atomic E-state index is 9.08. The summed E-state index contributed by atoms with van der Waals surface area (Å²) >= 11 is 1.69. The van der Waals surface area contributed by atoms with E-state index in [0.717, 1.165) is 4.88 Å². The molecule has 90 valence electrons. The summed E-state index contributed by atoms with van der Waals surface area (Å²) in [6, 6.07) is 14.2. The fraction of sp³-hybridized carbons (Fsp3) is 0.0714. The summed E-state index contributed by atoms with van der Waals surface area (Å²) in [6.45, 7) is 0.566. The molecule has 4 nitrogen and oxygen atoms in total. The SMILES string of the molecule is N#Cc1ncn(Cc2cc3ccccc3s2)c1C#N. The number of nitriles is 2. The van der Waals surface area contributed by atoms with Crippen LogP contribution < -0.4 is 0 Å². The molecule has 0 radical (unpaired) electrons. The maximum absolute atomic E-state index is 9.08. The summed E-state index contributed by atoms with van der Waals surface area (Å²) in [4.78, 5) is 5.08. The number of thiophene rings is 1. The van der Waals surface area contributed by atoms with E-state index in [4.69, 9.17) is 10.5 Å². The van der Waals surface area contributed by atoms with Crippen LogP contribution in [0.2, 0.25) is 0 Å². The van der Waals surface area contributed by atoms with Crippen molar-refractivity contribution in [2.24, 2.45) is 0 Å². The number of imidazole rings is 1. The molecular formula is C14H8N4S. The molecule has 0 bridgehead atoms. The number of hydrogen-bond donors (Lipinski definition) is 0. The lowest BCUT2D eigenvalue weighted by Crippen LogP contribution is -1.99. The molecular weight excluding hydrogens is 256 g/mol. The van der Waals surface area contributed by atoms with Crippen LogP contribution >= 0.6 is 11.3 Å². The Morgan fingerprint density at radius 2 is 2.05 bits per heavy atom. The summed E-state index contributed by atoms with van der Waals surface area (Å²) in [5.41, 5.74) is 0.503. The number of fused-ring (bicyclic) bond motifs is 1. The van der Waals surface area contributed by atoms with E-state index in [9.17, 15) is 0 Å². The number of aromatic nitrogens is 2. The predicted molar refractivity (Wildman–Crippen MR) is 72.6 cm³/mol. The van der Waals surface area contributed by atoms with Gasteiger partial charge in [-0.05, 0) is 17.5 Å². The molecule has 2 heterocycles. The van der Waals surface area contributed by atoms with Gasteiger partial charge < -0.3 is 4.57 Å². The molecule has 0 amide bonds. The Hall–Kier alpha value is -2.63. The molecule has 0 aliphatic carbocycles. The highest BCUT2D eigenvalue weighted by Crippen LogP contribution is 2.26. The van der Waals surface area contributed by atoms with Gasteiger partial charge in [0.1, 0.15) is 12.1 Å². The molecule has 0 saturated carbocycles. The average Bonchev–Trinajstić information content (AvgIpc) is 3.01. The molecule has 0 spiro atoms. The highest BCUT2D eigenvalue weighted by atomic mass is 32.1. The second-order valence-electron chi connectivity index (χ2n) is 4.04. The van der Waals surface area contributed by atoms with Crippen molar-refractivity contribution in [1.29, 1.82) is 10.5 Å². The molecule has 19 heavy (non-hydrogen) atoms. The van der Waals surface area contributed by atoms with Crippen LogP contribution in [0.1, 0.15) is 16.3 Å². The molecule has 3 rings (SSSR count). The lowest BCUT2D eigenvalue weighted by Gasteiger charge is -1.99. The van der Waals surface area contributed by atoms with Gasteiger partial charge in [0.15, 0.2) is 11.4 Å². The van der Waals surface area contributed by atoms with Gasteiger partial charge in [0.25, 0.3) is 0 Å². The van der Waals surface area contributed by atoms with Crippen LogP contribution in [0.3, 0.4) is 0 Å². The van der Waals surface area contributed by atoms with Gasteiger partial charge in [0.05, 0.1) is 12.9 Å². The zero-order valence-corrected chi connectivity index (χ0v) is 10.7. The summed E-state index contributed by atoms with van der Waals surface area (Å²) in [7, 11) is 0. The third-order valence-corrected chi connectivity index (χ3v) is 3.95. The van der Waals surface area contributed by atoms with E-state index in [-0.39, 0.29) is 5.69 Å². The van der Waals surface area contributed by atoms with Crippen molar-refractivity contribution < 1.29 is 0 Å². The monoisotopic (exact) mass is 264 g/mol. The van der Waals surface area contributed by atoms with Crippen molar-refractivity contribution in [1.82, 2.24) is 9.55 Å². The first-order chi connectivity index (χ1) is 9.31. The minimum Gasteiger partial charge on any atom is -0.316 e. The van der Waals surface area contributed by atoms with Crippen LogP contribution in [0.25, 0.3) is 10.1 Å². The molecule has 0 atom stereocenters. The molecule has 2 aromatic heterocycles. The largest absolute Gasteiger partial charge is 0.316 e. The summed E-state index contributed by atoms with van der Waals surface area (Å²) < 4.78 is 2.93. The van der Waals surface area contributed by atoms with Gasteiger partial charge in [0.2, 0.25) is 0 Å². The molecule has 0 aliphatic rings. The van der Waals surface area contributed by atoms with Crippen molar-refractivity contribution in [3.8, 4) is 12.1 Å². The lowest BCUT2D eigenvalue weighted by molar-refractivity contribution is 0.798. The number of hydrogen-bond acceptors (Lipinski definition) is 4. The fourth-order valence-electron chi connectivity index (χ4n) is 1.98. The molecule has 1 aromatic carbocycles. The Bertz CT molecular complexity index is 796. The average molecular weight is 264 g/mol. The Balaban J connectivity index is 2.00. The first kappa shape index (κ1) is 11.5. The molecule has 5 heteroatoms. The van der Waals surface area contributed by atoms with E-state index in [0.29, 0.717) is 12.2 Å². The maximum Gasteiger partial charge on any atom is 0.176 e. The second kappa shape index (κ2) is 4.56. The third kappa shape index (κ3) is 1.97. The van der Waals surface area contributed by atoms with Gasteiger partial charge in [-0.25, -0.2) is 4.98 Å². The van der Waals surface area contributed by atoms with Crippen LogP contribution in [0.15, 0.2) is 36.7 Å². The first-order valence-electron chi connectivity index (χ1n) is 5.64. The van der Waals surface area contributed by atoms with E-state index in [2.05, 4.69) is 23.2 Å². The van der Waals surface area contributed by atoms with Crippen molar-refractivity contribution in [2.45, 2.75) is 6.54 Å². The van der Waals surface area contributed by atoms with Crippen LogP contribution in [0.5, 0.6) is 0 Å². The zero-order chi connectivity index (χ0) is 13.2. The van der Waals surface area contributed by atoms with E-state index >= 15 is 0 Å². The van der Waals surface area contributed by atoms with Crippen LogP contribution in [-0.4, -0.2) is 9.55 Å². The second-order valence-corrected chi connectivity index (χ2v) is 5.21. The molecule has 0 N–H and O–H groups in total. The summed E-state index contributed by atoms with van der Waals surface area (Å²) in [6.07, 6.45) is 1.54. The van der Waals surface area contributed by atoms with Gasteiger partial charge in [-0.3, -0.25) is 0 Å². The van der Waals surface area contributed by atoms with E-state index in [1.54, 1.807) is 22.2 Å².